The zero-order chi connectivity index (χ0) is 13.3. The van der Waals surface area contributed by atoms with Crippen molar-refractivity contribution in [3.05, 3.63) is 33.8 Å². The van der Waals surface area contributed by atoms with E-state index in [4.69, 9.17) is 0 Å². The molecule has 1 atom stereocenters. The monoisotopic (exact) mass is 331 g/mol. The van der Waals surface area contributed by atoms with Crippen LogP contribution in [0.1, 0.15) is 22.3 Å². The van der Waals surface area contributed by atoms with Crippen molar-refractivity contribution in [3.63, 3.8) is 0 Å². The quantitative estimate of drug-likeness (QED) is 0.896. The Kier molecular flexibility index (Phi) is 3.77. The number of sulfone groups is 1. The maximum Gasteiger partial charge on any atom is 0.251 e. The predicted molar refractivity (Wildman–Crippen MR) is 73.4 cm³/mol. The second kappa shape index (κ2) is 5.01. The van der Waals surface area contributed by atoms with E-state index >= 15 is 0 Å². The molecule has 1 fully saturated rings. The fourth-order valence-corrected chi connectivity index (χ4v) is 4.05. The maximum absolute atomic E-state index is 12.1. The number of carbonyl (C=O) groups is 1. The summed E-state index contributed by atoms with van der Waals surface area (Å²) in [5.74, 6) is -0.00260. The lowest BCUT2D eigenvalue weighted by Gasteiger charge is -2.12. The van der Waals surface area contributed by atoms with E-state index in [9.17, 15) is 13.2 Å². The van der Waals surface area contributed by atoms with Crippen LogP contribution < -0.4 is 5.32 Å². The molecule has 1 aromatic carbocycles. The molecular formula is C12H14BrNO3S. The first-order valence-corrected chi connectivity index (χ1v) is 8.26. The molecular weight excluding hydrogens is 318 g/mol. The van der Waals surface area contributed by atoms with Gasteiger partial charge in [0.1, 0.15) is 0 Å². The van der Waals surface area contributed by atoms with Crippen LogP contribution in [0.3, 0.4) is 0 Å². The highest BCUT2D eigenvalue weighted by Crippen LogP contribution is 2.17. The number of aryl methyl sites for hydroxylation is 1. The standard InChI is InChI=1S/C12H14BrNO3S/c1-8-2-3-9(13)6-11(8)12(15)14-10-4-5-18(16,17)7-10/h2-3,6,10H,4-5,7H2,1H3,(H,14,15). The van der Waals surface area contributed by atoms with E-state index in [0.717, 1.165) is 10.0 Å². The Morgan fingerprint density at radius 2 is 2.17 bits per heavy atom. The van der Waals surface area contributed by atoms with Crippen molar-refractivity contribution in [2.75, 3.05) is 11.5 Å². The van der Waals surface area contributed by atoms with E-state index in [0.29, 0.717) is 12.0 Å². The minimum Gasteiger partial charge on any atom is -0.348 e. The second-order valence-corrected chi connectivity index (χ2v) is 7.68. The number of hydrogen-bond donors (Lipinski definition) is 1. The van der Waals surface area contributed by atoms with Crippen molar-refractivity contribution in [2.45, 2.75) is 19.4 Å². The summed E-state index contributed by atoms with van der Waals surface area (Å²) in [5, 5.41) is 2.78. The van der Waals surface area contributed by atoms with Gasteiger partial charge in [-0.2, -0.15) is 0 Å². The lowest BCUT2D eigenvalue weighted by atomic mass is 10.1. The molecule has 1 N–H and O–H groups in total. The van der Waals surface area contributed by atoms with E-state index in [1.165, 1.54) is 0 Å². The van der Waals surface area contributed by atoms with Gasteiger partial charge in [0.05, 0.1) is 11.5 Å². The van der Waals surface area contributed by atoms with Crippen molar-refractivity contribution in [3.8, 4) is 0 Å². The van der Waals surface area contributed by atoms with Crippen LogP contribution in [0.4, 0.5) is 0 Å². The Labute approximate surface area is 115 Å². The Balaban J connectivity index is 2.11. The number of carbonyl (C=O) groups excluding carboxylic acids is 1. The van der Waals surface area contributed by atoms with Crippen LogP contribution in [-0.4, -0.2) is 31.9 Å². The van der Waals surface area contributed by atoms with Gasteiger partial charge in [-0.15, -0.1) is 0 Å². The summed E-state index contributed by atoms with van der Waals surface area (Å²) in [7, 11) is -2.97. The van der Waals surface area contributed by atoms with E-state index in [1.807, 2.05) is 19.1 Å². The van der Waals surface area contributed by atoms with E-state index in [2.05, 4.69) is 21.2 Å². The van der Waals surface area contributed by atoms with Crippen LogP contribution in [0, 0.1) is 6.92 Å². The number of rotatable bonds is 2. The van der Waals surface area contributed by atoms with Gasteiger partial charge in [0.25, 0.3) is 5.91 Å². The van der Waals surface area contributed by atoms with Gasteiger partial charge in [-0.05, 0) is 31.0 Å². The average molecular weight is 332 g/mol. The van der Waals surface area contributed by atoms with Crippen LogP contribution in [0.15, 0.2) is 22.7 Å². The first-order valence-electron chi connectivity index (χ1n) is 5.65. The zero-order valence-electron chi connectivity index (χ0n) is 9.94. The van der Waals surface area contributed by atoms with Crippen molar-refractivity contribution >= 4 is 31.7 Å². The maximum atomic E-state index is 12.1. The number of hydrogen-bond acceptors (Lipinski definition) is 3. The normalized spacial score (nSPS) is 21.8. The molecule has 1 amide bonds. The van der Waals surface area contributed by atoms with E-state index < -0.39 is 9.84 Å². The highest BCUT2D eigenvalue weighted by atomic mass is 79.9. The SMILES string of the molecule is Cc1ccc(Br)cc1C(=O)NC1CCS(=O)(=O)C1. The van der Waals surface area contributed by atoms with Gasteiger partial charge < -0.3 is 5.32 Å². The Hall–Kier alpha value is -0.880. The molecule has 1 aliphatic rings. The molecule has 0 saturated carbocycles. The molecule has 2 rings (SSSR count). The smallest absolute Gasteiger partial charge is 0.251 e. The van der Waals surface area contributed by atoms with Gasteiger partial charge in [-0.3, -0.25) is 4.79 Å². The lowest BCUT2D eigenvalue weighted by Crippen LogP contribution is -2.35. The molecule has 1 unspecified atom stereocenters. The molecule has 0 radical (unpaired) electrons. The molecule has 1 aliphatic heterocycles. The topological polar surface area (TPSA) is 63.2 Å². The second-order valence-electron chi connectivity index (χ2n) is 4.53. The highest BCUT2D eigenvalue weighted by Gasteiger charge is 2.29. The molecule has 0 aromatic heterocycles. The first-order chi connectivity index (χ1) is 8.37. The van der Waals surface area contributed by atoms with Crippen molar-refractivity contribution in [2.24, 2.45) is 0 Å². The molecule has 0 spiro atoms. The summed E-state index contributed by atoms with van der Waals surface area (Å²) in [6.07, 6.45) is 0.501. The number of benzene rings is 1. The molecule has 6 heteroatoms. The van der Waals surface area contributed by atoms with Crippen LogP contribution in [-0.2, 0) is 9.84 Å². The van der Waals surface area contributed by atoms with Crippen LogP contribution in [0.25, 0.3) is 0 Å². The molecule has 0 bridgehead atoms. The fraction of sp³-hybridized carbons (Fsp3) is 0.417. The van der Waals surface area contributed by atoms with Crippen LogP contribution in [0.2, 0.25) is 0 Å². The van der Waals surface area contributed by atoms with Crippen LogP contribution in [0.5, 0.6) is 0 Å². The van der Waals surface area contributed by atoms with Gasteiger partial charge in [0.15, 0.2) is 9.84 Å². The largest absolute Gasteiger partial charge is 0.348 e. The van der Waals surface area contributed by atoms with Gasteiger partial charge in [0, 0.05) is 16.1 Å². The average Bonchev–Trinajstić information content (AvgIpc) is 2.61. The number of halogens is 1. The third-order valence-corrected chi connectivity index (χ3v) is 5.27. The van der Waals surface area contributed by atoms with Crippen molar-refractivity contribution in [1.82, 2.24) is 5.32 Å². The zero-order valence-corrected chi connectivity index (χ0v) is 12.3. The predicted octanol–water partition coefficient (Wildman–Crippen LogP) is 1.67. The molecule has 1 saturated heterocycles. The highest BCUT2D eigenvalue weighted by molar-refractivity contribution is 9.10. The van der Waals surface area contributed by atoms with Crippen molar-refractivity contribution in [1.29, 1.82) is 0 Å². The van der Waals surface area contributed by atoms with E-state index in [-0.39, 0.29) is 23.5 Å². The van der Waals surface area contributed by atoms with Gasteiger partial charge in [-0.1, -0.05) is 22.0 Å². The minimum absolute atomic E-state index is 0.0474. The summed E-state index contributed by atoms with van der Waals surface area (Å²) in [6, 6.07) is 5.20. The Morgan fingerprint density at radius 1 is 1.44 bits per heavy atom. The first kappa shape index (κ1) is 13.5. The summed E-state index contributed by atoms with van der Waals surface area (Å²) < 4.78 is 23.5. The molecule has 4 nitrogen and oxygen atoms in total. The van der Waals surface area contributed by atoms with Gasteiger partial charge in [-0.25, -0.2) is 8.42 Å². The summed E-state index contributed by atoms with van der Waals surface area (Å²) in [5.41, 5.74) is 1.45. The summed E-state index contributed by atoms with van der Waals surface area (Å²) >= 11 is 3.32. The Morgan fingerprint density at radius 3 is 2.78 bits per heavy atom. The minimum atomic E-state index is -2.97. The van der Waals surface area contributed by atoms with Gasteiger partial charge in [0.2, 0.25) is 0 Å². The van der Waals surface area contributed by atoms with Crippen molar-refractivity contribution < 1.29 is 13.2 Å². The molecule has 1 aromatic rings. The summed E-state index contributed by atoms with van der Waals surface area (Å²) in [6.45, 7) is 1.85. The third-order valence-electron chi connectivity index (χ3n) is 3.01. The van der Waals surface area contributed by atoms with Crippen LogP contribution >= 0.6 is 15.9 Å². The van der Waals surface area contributed by atoms with Gasteiger partial charge >= 0.3 is 0 Å². The van der Waals surface area contributed by atoms with E-state index in [1.54, 1.807) is 6.07 Å². The fourth-order valence-electron chi connectivity index (χ4n) is 2.01. The summed E-state index contributed by atoms with van der Waals surface area (Å²) in [4.78, 5) is 12.1. The number of amides is 1. The third kappa shape index (κ3) is 3.11. The lowest BCUT2D eigenvalue weighted by molar-refractivity contribution is 0.0940. The molecule has 98 valence electrons. The Bertz CT molecular complexity index is 583. The molecule has 0 aliphatic carbocycles. The number of nitrogens with one attached hydrogen (secondary N) is 1. The molecule has 18 heavy (non-hydrogen) atoms. The molecule has 1 heterocycles.